The summed E-state index contributed by atoms with van der Waals surface area (Å²) in [7, 11) is -0.457. The van der Waals surface area contributed by atoms with Crippen molar-refractivity contribution in [1.82, 2.24) is 0 Å². The highest BCUT2D eigenvalue weighted by Gasteiger charge is 2.51. The summed E-state index contributed by atoms with van der Waals surface area (Å²) >= 11 is 0. The van der Waals surface area contributed by atoms with Crippen molar-refractivity contribution in [2.75, 3.05) is 18.5 Å². The van der Waals surface area contributed by atoms with Gasteiger partial charge in [-0.25, -0.2) is 0 Å². The molecule has 1 heterocycles. The molecule has 0 spiro atoms. The topological polar surface area (TPSA) is 95.2 Å². The number of benzene rings is 2. The van der Waals surface area contributed by atoms with Crippen molar-refractivity contribution in [3.8, 4) is 0 Å². The van der Waals surface area contributed by atoms with Crippen LogP contribution in [0.25, 0.3) is 0 Å². The fourth-order valence-electron chi connectivity index (χ4n) is 3.43. The summed E-state index contributed by atoms with van der Waals surface area (Å²) < 4.78 is 17.9. The second-order valence-electron chi connectivity index (χ2n) is 9.28. The van der Waals surface area contributed by atoms with Gasteiger partial charge in [-0.15, -0.1) is 0 Å². The first-order valence-electron chi connectivity index (χ1n) is 11.4. The highest BCUT2D eigenvalue weighted by molar-refractivity contribution is 6.62. The lowest BCUT2D eigenvalue weighted by molar-refractivity contribution is -0.110. The van der Waals surface area contributed by atoms with Gasteiger partial charge >= 0.3 is 7.12 Å². The predicted molar refractivity (Wildman–Crippen MR) is 137 cm³/mol. The minimum absolute atomic E-state index is 0.236. The number of nitrogens with two attached hydrogens (primary N) is 1. The molecule has 2 aromatic carbocycles. The van der Waals surface area contributed by atoms with Crippen molar-refractivity contribution < 1.29 is 18.8 Å². The van der Waals surface area contributed by atoms with Crippen LogP contribution in [0.5, 0.6) is 0 Å². The molecule has 1 amide bonds. The van der Waals surface area contributed by atoms with Gasteiger partial charge in [0.1, 0.15) is 5.71 Å². The molecule has 0 atom stereocenters. The zero-order valence-electron chi connectivity index (χ0n) is 20.6. The standard InChI is InChI=1S/C26H34BN3O4/c1-19-17-21(27-33-25(2,3)26(4,5)34-27)11-12-22(19)30-24(31)23(13-14-28)29-15-16-32-18-20-9-7-6-8-10-20/h6-14,17H,15-16,18,28H2,1-5H3,(H,30,31). The van der Waals surface area contributed by atoms with E-state index >= 15 is 0 Å². The van der Waals surface area contributed by atoms with Crippen LogP contribution in [0, 0.1) is 6.92 Å². The van der Waals surface area contributed by atoms with E-state index in [0.717, 1.165) is 16.6 Å². The summed E-state index contributed by atoms with van der Waals surface area (Å²) in [4.78, 5) is 17.2. The average molecular weight is 463 g/mol. The first-order chi connectivity index (χ1) is 16.1. The number of carbonyl (C=O) groups is 1. The first kappa shape index (κ1) is 25.7. The molecule has 1 saturated heterocycles. The van der Waals surface area contributed by atoms with E-state index in [1.54, 1.807) is 0 Å². The predicted octanol–water partition coefficient (Wildman–Crippen LogP) is 3.36. The molecule has 1 aliphatic rings. The quantitative estimate of drug-likeness (QED) is 0.338. The van der Waals surface area contributed by atoms with Gasteiger partial charge in [-0.3, -0.25) is 9.79 Å². The van der Waals surface area contributed by atoms with Gasteiger partial charge in [0.2, 0.25) is 0 Å². The van der Waals surface area contributed by atoms with Crippen LogP contribution in [0.3, 0.4) is 0 Å². The number of aliphatic imine (C=N–C) groups is 1. The first-order valence-corrected chi connectivity index (χ1v) is 11.4. The summed E-state index contributed by atoms with van der Waals surface area (Å²) in [6, 6.07) is 15.6. The third-order valence-electron chi connectivity index (χ3n) is 6.14. The van der Waals surface area contributed by atoms with Crippen LogP contribution in [-0.2, 0) is 25.4 Å². The summed E-state index contributed by atoms with van der Waals surface area (Å²) in [6.07, 6.45) is 2.79. The molecular formula is C26H34BN3O4. The van der Waals surface area contributed by atoms with Crippen molar-refractivity contribution in [2.24, 2.45) is 10.7 Å². The third kappa shape index (κ3) is 6.35. The molecule has 3 N–H and O–H groups in total. The van der Waals surface area contributed by atoms with E-state index < -0.39 is 18.3 Å². The SMILES string of the molecule is Cc1cc(B2OC(C)(C)C(C)(C)O2)ccc1NC(=O)C(C=CN)=NCCOCc1ccccc1. The Labute approximate surface area is 202 Å². The maximum atomic E-state index is 12.8. The summed E-state index contributed by atoms with van der Waals surface area (Å²) in [5.41, 5.74) is 8.51. The zero-order chi connectivity index (χ0) is 24.8. The number of nitrogens with one attached hydrogen (secondary N) is 1. The Morgan fingerprint density at radius 1 is 1.12 bits per heavy atom. The van der Waals surface area contributed by atoms with E-state index in [1.807, 2.05) is 83.1 Å². The molecule has 1 aliphatic heterocycles. The summed E-state index contributed by atoms with van der Waals surface area (Å²) in [5.74, 6) is -0.337. The summed E-state index contributed by atoms with van der Waals surface area (Å²) in [6.45, 7) is 11.3. The van der Waals surface area contributed by atoms with Crippen LogP contribution in [0.15, 0.2) is 65.8 Å². The van der Waals surface area contributed by atoms with E-state index in [4.69, 9.17) is 19.8 Å². The average Bonchev–Trinajstić information content (AvgIpc) is 3.01. The molecule has 0 saturated carbocycles. The highest BCUT2D eigenvalue weighted by Crippen LogP contribution is 2.36. The number of hydrogen-bond acceptors (Lipinski definition) is 6. The molecule has 0 bridgehead atoms. The molecule has 180 valence electrons. The monoisotopic (exact) mass is 463 g/mol. The molecule has 3 rings (SSSR count). The molecule has 0 aliphatic carbocycles. The number of ether oxygens (including phenoxy) is 1. The second-order valence-corrected chi connectivity index (χ2v) is 9.28. The van der Waals surface area contributed by atoms with Crippen molar-refractivity contribution >= 4 is 29.9 Å². The largest absolute Gasteiger partial charge is 0.494 e. The molecule has 1 fully saturated rings. The zero-order valence-corrected chi connectivity index (χ0v) is 20.6. The minimum atomic E-state index is -0.457. The number of rotatable bonds is 9. The van der Waals surface area contributed by atoms with E-state index in [0.29, 0.717) is 25.4 Å². The van der Waals surface area contributed by atoms with Crippen LogP contribution in [-0.4, -0.2) is 43.1 Å². The lowest BCUT2D eigenvalue weighted by atomic mass is 9.78. The number of aryl methyl sites for hydroxylation is 1. The maximum Gasteiger partial charge on any atom is 0.494 e. The van der Waals surface area contributed by atoms with Gasteiger partial charge in [0.25, 0.3) is 5.91 Å². The van der Waals surface area contributed by atoms with Crippen LogP contribution in [0.1, 0.15) is 38.8 Å². The molecule has 0 aromatic heterocycles. The Balaban J connectivity index is 1.59. The molecule has 8 heteroatoms. The molecule has 34 heavy (non-hydrogen) atoms. The lowest BCUT2D eigenvalue weighted by Crippen LogP contribution is -2.41. The molecule has 0 radical (unpaired) electrons. The van der Waals surface area contributed by atoms with E-state index in [2.05, 4.69) is 10.3 Å². The number of anilines is 1. The van der Waals surface area contributed by atoms with Gasteiger partial charge < -0.3 is 25.1 Å². The van der Waals surface area contributed by atoms with E-state index in [9.17, 15) is 4.79 Å². The maximum absolute atomic E-state index is 12.8. The van der Waals surface area contributed by atoms with Gasteiger partial charge in [-0.1, -0.05) is 42.5 Å². The fraction of sp³-hybridized carbons (Fsp3) is 0.385. The smallest absolute Gasteiger partial charge is 0.405 e. The van der Waals surface area contributed by atoms with Crippen LogP contribution < -0.4 is 16.5 Å². The molecule has 2 aromatic rings. The van der Waals surface area contributed by atoms with Crippen molar-refractivity contribution in [2.45, 2.75) is 52.4 Å². The van der Waals surface area contributed by atoms with Gasteiger partial charge in [-0.2, -0.15) is 0 Å². The van der Waals surface area contributed by atoms with E-state index in [-0.39, 0.29) is 11.6 Å². The Morgan fingerprint density at radius 3 is 2.41 bits per heavy atom. The van der Waals surface area contributed by atoms with E-state index in [1.165, 1.54) is 12.3 Å². The Morgan fingerprint density at radius 2 is 1.79 bits per heavy atom. The van der Waals surface area contributed by atoms with Crippen LogP contribution in [0.4, 0.5) is 5.69 Å². The van der Waals surface area contributed by atoms with Gasteiger partial charge in [0.15, 0.2) is 0 Å². The highest BCUT2D eigenvalue weighted by atomic mass is 16.7. The van der Waals surface area contributed by atoms with Crippen LogP contribution >= 0.6 is 0 Å². The second kappa shape index (κ2) is 11.0. The fourth-order valence-corrected chi connectivity index (χ4v) is 3.43. The van der Waals surface area contributed by atoms with Crippen molar-refractivity contribution in [3.63, 3.8) is 0 Å². The lowest BCUT2D eigenvalue weighted by Gasteiger charge is -2.32. The van der Waals surface area contributed by atoms with Crippen molar-refractivity contribution in [3.05, 3.63) is 71.9 Å². The molecule has 0 unspecified atom stereocenters. The van der Waals surface area contributed by atoms with Gasteiger partial charge in [0.05, 0.1) is 31.0 Å². The molecular weight excluding hydrogens is 429 g/mol. The number of nitrogens with zero attached hydrogens (tertiary/aromatic N) is 1. The number of carbonyl (C=O) groups excluding carboxylic acids is 1. The van der Waals surface area contributed by atoms with Gasteiger partial charge in [-0.05, 0) is 69.6 Å². The van der Waals surface area contributed by atoms with Crippen molar-refractivity contribution in [1.29, 1.82) is 0 Å². The Hall–Kier alpha value is -2.94. The summed E-state index contributed by atoms with van der Waals surface area (Å²) in [5, 5.41) is 2.91. The number of amides is 1. The third-order valence-corrected chi connectivity index (χ3v) is 6.14. The van der Waals surface area contributed by atoms with Gasteiger partial charge in [0, 0.05) is 5.69 Å². The normalized spacial score (nSPS) is 17.3. The number of hydrogen-bond donors (Lipinski definition) is 2. The Bertz CT molecular complexity index is 1040. The minimum Gasteiger partial charge on any atom is -0.405 e. The molecule has 7 nitrogen and oxygen atoms in total. The Kier molecular flexibility index (Phi) is 8.30. The van der Waals surface area contributed by atoms with Crippen LogP contribution in [0.2, 0.25) is 0 Å².